The van der Waals surface area contributed by atoms with Crippen molar-refractivity contribution >= 4 is 17.4 Å². The quantitative estimate of drug-likeness (QED) is 0.927. The maximum Gasteiger partial charge on any atom is 0.254 e. The van der Waals surface area contributed by atoms with Crippen molar-refractivity contribution in [2.75, 3.05) is 6.54 Å². The Morgan fingerprint density at radius 1 is 1.63 bits per heavy atom. The van der Waals surface area contributed by atoms with E-state index in [0.717, 1.165) is 30.9 Å². The number of aromatic nitrogens is 3. The Labute approximate surface area is 115 Å². The Hall–Kier alpha value is -1.69. The first-order chi connectivity index (χ1) is 9.24. The van der Waals surface area contributed by atoms with Crippen LogP contribution in [0.2, 0.25) is 0 Å². The summed E-state index contributed by atoms with van der Waals surface area (Å²) in [6.07, 6.45) is 5.89. The molecule has 3 heterocycles. The molecule has 0 saturated carbocycles. The van der Waals surface area contributed by atoms with E-state index in [1.165, 1.54) is 11.5 Å². The van der Waals surface area contributed by atoms with Crippen LogP contribution in [0.1, 0.15) is 28.3 Å². The molecule has 1 aliphatic rings. The zero-order valence-electron chi connectivity index (χ0n) is 10.8. The number of hydrogen-bond donors (Lipinski definition) is 1. The lowest BCUT2D eigenvalue weighted by Crippen LogP contribution is -2.33. The third-order valence-corrected chi connectivity index (χ3v) is 4.32. The van der Waals surface area contributed by atoms with E-state index >= 15 is 0 Å². The monoisotopic (exact) mass is 276 g/mol. The molecule has 0 unspecified atom stereocenters. The topological polar surface area (TPSA) is 59.8 Å². The zero-order valence-corrected chi connectivity index (χ0v) is 11.6. The van der Waals surface area contributed by atoms with Crippen LogP contribution in [0.25, 0.3) is 0 Å². The van der Waals surface area contributed by atoms with E-state index in [0.29, 0.717) is 18.0 Å². The summed E-state index contributed by atoms with van der Waals surface area (Å²) in [5.74, 6) is 1.59. The molecule has 1 amide bonds. The van der Waals surface area contributed by atoms with E-state index in [1.54, 1.807) is 5.38 Å². The van der Waals surface area contributed by atoms with E-state index in [1.807, 2.05) is 19.3 Å². The largest absolute Gasteiger partial charge is 0.352 e. The summed E-state index contributed by atoms with van der Waals surface area (Å²) in [6.45, 7) is 3.57. The second-order valence-corrected chi connectivity index (χ2v) is 5.55. The molecular formula is C13H16N4OS. The number of amides is 1. The Bertz CT molecular complexity index is 589. The first-order valence-electron chi connectivity index (χ1n) is 6.43. The number of imidazole rings is 1. The lowest BCUT2D eigenvalue weighted by Gasteiger charge is -2.23. The number of nitrogens with one attached hydrogen (secondary N) is 1. The maximum absolute atomic E-state index is 12.0. The van der Waals surface area contributed by atoms with Crippen LogP contribution in [0, 0.1) is 12.8 Å². The van der Waals surface area contributed by atoms with Gasteiger partial charge in [-0.3, -0.25) is 4.79 Å². The van der Waals surface area contributed by atoms with Gasteiger partial charge in [0.05, 0.1) is 11.3 Å². The number of fused-ring (bicyclic) bond motifs is 1. The molecule has 0 spiro atoms. The summed E-state index contributed by atoms with van der Waals surface area (Å²) in [4.78, 5) is 16.3. The van der Waals surface area contributed by atoms with E-state index in [-0.39, 0.29) is 5.91 Å². The molecular weight excluding hydrogens is 260 g/mol. The summed E-state index contributed by atoms with van der Waals surface area (Å²) >= 11 is 1.32. The highest BCUT2D eigenvalue weighted by Crippen LogP contribution is 2.18. The van der Waals surface area contributed by atoms with Crippen molar-refractivity contribution in [3.05, 3.63) is 34.9 Å². The molecule has 1 N–H and O–H groups in total. The number of rotatable bonds is 3. The third-order valence-electron chi connectivity index (χ3n) is 3.60. The molecule has 0 radical (unpaired) electrons. The van der Waals surface area contributed by atoms with Crippen LogP contribution in [-0.2, 0) is 13.0 Å². The predicted octanol–water partition coefficient (Wildman–Crippen LogP) is 1.64. The smallest absolute Gasteiger partial charge is 0.254 e. The predicted molar refractivity (Wildman–Crippen MR) is 73.2 cm³/mol. The second kappa shape index (κ2) is 5.13. The maximum atomic E-state index is 12.0. The number of hydrogen-bond acceptors (Lipinski definition) is 4. The first kappa shape index (κ1) is 12.3. The van der Waals surface area contributed by atoms with Crippen LogP contribution >= 0.6 is 11.5 Å². The van der Waals surface area contributed by atoms with Gasteiger partial charge in [0.1, 0.15) is 5.82 Å². The van der Waals surface area contributed by atoms with Crippen LogP contribution in [0.5, 0.6) is 0 Å². The first-order valence-corrected chi connectivity index (χ1v) is 7.27. The van der Waals surface area contributed by atoms with Crippen LogP contribution < -0.4 is 5.32 Å². The van der Waals surface area contributed by atoms with Gasteiger partial charge in [0.2, 0.25) is 0 Å². The number of aryl methyl sites for hydroxylation is 2. The Morgan fingerprint density at radius 2 is 2.53 bits per heavy atom. The van der Waals surface area contributed by atoms with Gasteiger partial charge >= 0.3 is 0 Å². The van der Waals surface area contributed by atoms with E-state index in [4.69, 9.17) is 0 Å². The van der Waals surface area contributed by atoms with Crippen molar-refractivity contribution in [1.29, 1.82) is 0 Å². The highest BCUT2D eigenvalue weighted by molar-refractivity contribution is 7.03. The normalized spacial score (nSPS) is 18.1. The average Bonchev–Trinajstić information content (AvgIpc) is 3.03. The molecule has 3 rings (SSSR count). The van der Waals surface area contributed by atoms with Gasteiger partial charge in [-0.1, -0.05) is 0 Å². The van der Waals surface area contributed by atoms with Crippen molar-refractivity contribution in [2.45, 2.75) is 26.3 Å². The van der Waals surface area contributed by atoms with E-state index < -0.39 is 0 Å². The molecule has 0 aliphatic carbocycles. The number of nitrogens with zero attached hydrogens (tertiary/aromatic N) is 3. The van der Waals surface area contributed by atoms with Crippen molar-refractivity contribution in [2.24, 2.45) is 5.92 Å². The van der Waals surface area contributed by atoms with Gasteiger partial charge in [0.15, 0.2) is 0 Å². The summed E-state index contributed by atoms with van der Waals surface area (Å²) in [7, 11) is 0. The summed E-state index contributed by atoms with van der Waals surface area (Å²) in [5.41, 5.74) is 1.50. The minimum atomic E-state index is -0.0137. The van der Waals surface area contributed by atoms with Gasteiger partial charge in [-0.05, 0) is 30.8 Å². The Balaban J connectivity index is 1.56. The van der Waals surface area contributed by atoms with Crippen LogP contribution in [-0.4, -0.2) is 26.4 Å². The van der Waals surface area contributed by atoms with Gasteiger partial charge in [-0.2, -0.15) is 4.37 Å². The average molecular weight is 276 g/mol. The highest BCUT2D eigenvalue weighted by Gasteiger charge is 2.20. The fraction of sp³-hybridized carbons (Fsp3) is 0.462. The van der Waals surface area contributed by atoms with Gasteiger partial charge in [-0.15, -0.1) is 0 Å². The van der Waals surface area contributed by atoms with Crippen molar-refractivity contribution in [3.63, 3.8) is 0 Å². The standard InChI is InChI=1S/C13H16N4OS/c1-9-11(8-19-16-9)13(18)15-7-10-2-4-17-5-3-14-12(17)6-10/h3,5,8,10H,2,4,6-7H2,1H3,(H,15,18)/t10-/m1/s1. The highest BCUT2D eigenvalue weighted by atomic mass is 32.1. The fourth-order valence-electron chi connectivity index (χ4n) is 2.43. The lowest BCUT2D eigenvalue weighted by molar-refractivity contribution is 0.0944. The van der Waals surface area contributed by atoms with Gasteiger partial charge in [0.25, 0.3) is 5.91 Å². The third kappa shape index (κ3) is 2.53. The number of carbonyl (C=O) groups excluding carboxylic acids is 1. The molecule has 0 aromatic carbocycles. The second-order valence-electron chi connectivity index (χ2n) is 4.92. The summed E-state index contributed by atoms with van der Waals surface area (Å²) in [6, 6.07) is 0. The molecule has 2 aromatic rings. The summed E-state index contributed by atoms with van der Waals surface area (Å²) < 4.78 is 6.31. The van der Waals surface area contributed by atoms with Gasteiger partial charge in [0, 0.05) is 37.3 Å². The zero-order chi connectivity index (χ0) is 13.2. The SMILES string of the molecule is Cc1nscc1C(=O)NC[C@@H]1CCn2ccnc2C1. The Morgan fingerprint density at radius 3 is 3.32 bits per heavy atom. The molecule has 1 aliphatic heterocycles. The molecule has 5 nitrogen and oxygen atoms in total. The summed E-state index contributed by atoms with van der Waals surface area (Å²) in [5, 5.41) is 4.81. The van der Waals surface area contributed by atoms with Crippen molar-refractivity contribution in [3.8, 4) is 0 Å². The molecule has 1 atom stereocenters. The van der Waals surface area contributed by atoms with Gasteiger partial charge in [-0.25, -0.2) is 4.98 Å². The Kier molecular flexibility index (Phi) is 3.33. The van der Waals surface area contributed by atoms with E-state index in [2.05, 4.69) is 19.2 Å². The molecule has 2 aromatic heterocycles. The minimum absolute atomic E-state index is 0.0137. The van der Waals surface area contributed by atoms with Crippen molar-refractivity contribution in [1.82, 2.24) is 19.2 Å². The fourth-order valence-corrected chi connectivity index (χ4v) is 3.12. The molecule has 0 saturated heterocycles. The minimum Gasteiger partial charge on any atom is -0.352 e. The van der Waals surface area contributed by atoms with Gasteiger partial charge < -0.3 is 9.88 Å². The molecule has 19 heavy (non-hydrogen) atoms. The molecule has 100 valence electrons. The van der Waals surface area contributed by atoms with Crippen molar-refractivity contribution < 1.29 is 4.79 Å². The van der Waals surface area contributed by atoms with E-state index in [9.17, 15) is 4.79 Å². The van der Waals surface area contributed by atoms with Crippen LogP contribution in [0.3, 0.4) is 0 Å². The molecule has 0 bridgehead atoms. The van der Waals surface area contributed by atoms with Crippen LogP contribution in [0.4, 0.5) is 0 Å². The molecule has 0 fully saturated rings. The number of carbonyl (C=O) groups is 1. The molecule has 6 heteroatoms. The van der Waals surface area contributed by atoms with Crippen LogP contribution in [0.15, 0.2) is 17.8 Å². The lowest BCUT2D eigenvalue weighted by atomic mass is 9.98.